The van der Waals surface area contributed by atoms with Gasteiger partial charge < -0.3 is 29.2 Å². The average molecular weight is 527 g/mol. The fourth-order valence-electron chi connectivity index (χ4n) is 10.1. The fourth-order valence-corrected chi connectivity index (χ4v) is 10.1. The number of hydrogen-bond donors (Lipinski definition) is 2. The van der Waals surface area contributed by atoms with E-state index >= 15 is 0 Å². The summed E-state index contributed by atoms with van der Waals surface area (Å²) >= 11 is 0. The molecule has 8 aliphatic rings. The van der Waals surface area contributed by atoms with E-state index in [4.69, 9.17) is 18.9 Å². The number of esters is 2. The highest BCUT2D eigenvalue weighted by atomic mass is 16.8. The number of ether oxygens (including phenoxy) is 4. The first-order valence-electron chi connectivity index (χ1n) is 13.5. The summed E-state index contributed by atoms with van der Waals surface area (Å²) in [4.78, 5) is 55.3. The van der Waals surface area contributed by atoms with Gasteiger partial charge in [0.15, 0.2) is 28.4 Å². The molecule has 7 fully saturated rings. The van der Waals surface area contributed by atoms with Gasteiger partial charge in [0, 0.05) is 5.92 Å². The van der Waals surface area contributed by atoms with Crippen molar-refractivity contribution >= 4 is 23.5 Å². The zero-order valence-corrected chi connectivity index (χ0v) is 21.4. The van der Waals surface area contributed by atoms with Crippen LogP contribution < -0.4 is 0 Å². The largest absolute Gasteiger partial charge is 0.458 e. The van der Waals surface area contributed by atoms with Gasteiger partial charge in [-0.25, -0.2) is 4.79 Å². The van der Waals surface area contributed by atoms with E-state index in [1.165, 1.54) is 6.08 Å². The van der Waals surface area contributed by atoms with Crippen molar-refractivity contribution < 1.29 is 48.3 Å². The highest BCUT2D eigenvalue weighted by molar-refractivity contribution is 6.01. The van der Waals surface area contributed by atoms with Gasteiger partial charge in [0.1, 0.15) is 6.10 Å². The number of ketones is 2. The number of Topliss-reactive ketones (excluding diaryl/α,β-unsaturated/α-hetero) is 1. The Morgan fingerprint density at radius 1 is 1.08 bits per heavy atom. The van der Waals surface area contributed by atoms with Gasteiger partial charge in [-0.2, -0.15) is 0 Å². The minimum Gasteiger partial charge on any atom is -0.458 e. The monoisotopic (exact) mass is 526 g/mol. The maximum Gasteiger partial charge on any atom is 0.342 e. The van der Waals surface area contributed by atoms with Crippen molar-refractivity contribution in [3.05, 3.63) is 23.8 Å². The number of aliphatic hydroxyl groups excluding tert-OH is 1. The standard InChI is InChI=1S/C28H30O10/c1-23-10-18-25(3)28-19(23)20(31)27(38-28,35-11-15(23)21(32)36-18)14-9-16(29)13-5-4-6-17(30)24(13,2)12(14)7-8-26(28,34)22(33)37-25/h4-6,12,14-16,18-19,29,34H,7-11H2,1-3H3/t12-,14+,15-,16+,18+,19+,23+,24-,25-,26+,27+,28-/m0/s1. The van der Waals surface area contributed by atoms with Crippen molar-refractivity contribution in [1.29, 1.82) is 0 Å². The second-order valence-corrected chi connectivity index (χ2v) is 13.2. The zero-order valence-electron chi connectivity index (χ0n) is 21.4. The first-order chi connectivity index (χ1) is 17.8. The molecule has 5 heterocycles. The Morgan fingerprint density at radius 2 is 1.84 bits per heavy atom. The Balaban J connectivity index is 1.43. The van der Waals surface area contributed by atoms with Crippen LogP contribution in [0.3, 0.4) is 0 Å². The minimum absolute atomic E-state index is 0.0843. The van der Waals surface area contributed by atoms with Crippen LogP contribution in [0.15, 0.2) is 23.8 Å². The summed E-state index contributed by atoms with van der Waals surface area (Å²) in [5, 5.41) is 23.7. The summed E-state index contributed by atoms with van der Waals surface area (Å²) in [6.07, 6.45) is 3.22. The lowest BCUT2D eigenvalue weighted by Crippen LogP contribution is -2.79. The smallest absolute Gasteiger partial charge is 0.342 e. The Bertz CT molecular complexity index is 1330. The second kappa shape index (κ2) is 6.32. The number of carbonyl (C=O) groups is 4. The summed E-state index contributed by atoms with van der Waals surface area (Å²) in [7, 11) is 0. The molecule has 202 valence electrons. The quantitative estimate of drug-likeness (QED) is 0.429. The molecule has 3 aliphatic carbocycles. The zero-order chi connectivity index (χ0) is 26.8. The van der Waals surface area contributed by atoms with E-state index in [0.717, 1.165) is 0 Å². The molecular formula is C28H30O10. The lowest BCUT2D eigenvalue weighted by atomic mass is 9.46. The SMILES string of the molecule is C[C@@]12C(=O)C=CC=C1[C@H](O)C[C@@H]1[C@@H]2CC[C@@]2(O)C(=O)O[C@@]3(C)[C@H]4C[C@@]5(C)[C@H]6C(=O)[C@]1(OC[C@H]5C(=O)O4)O[C@]623. The van der Waals surface area contributed by atoms with E-state index in [1.807, 2.05) is 6.92 Å². The van der Waals surface area contributed by atoms with E-state index < -0.39 is 87.0 Å². The van der Waals surface area contributed by atoms with Gasteiger partial charge in [0.25, 0.3) is 0 Å². The number of carbonyl (C=O) groups excluding carboxylic acids is 4. The van der Waals surface area contributed by atoms with Crippen molar-refractivity contribution in [3.63, 3.8) is 0 Å². The number of aliphatic hydroxyl groups is 2. The molecular weight excluding hydrogens is 496 g/mol. The van der Waals surface area contributed by atoms with Gasteiger partial charge in [0.05, 0.1) is 30.0 Å². The van der Waals surface area contributed by atoms with Crippen LogP contribution in [-0.4, -0.2) is 75.1 Å². The normalized spacial score (nSPS) is 59.2. The van der Waals surface area contributed by atoms with E-state index in [2.05, 4.69) is 0 Å². The number of fused-ring (bicyclic) bond motifs is 5. The van der Waals surface area contributed by atoms with Crippen LogP contribution in [0.1, 0.15) is 46.5 Å². The minimum atomic E-state index is -2.24. The third-order valence-corrected chi connectivity index (χ3v) is 12.0. The van der Waals surface area contributed by atoms with Crippen LogP contribution in [0.25, 0.3) is 0 Å². The van der Waals surface area contributed by atoms with E-state index in [-0.39, 0.29) is 38.1 Å². The number of hydrogen-bond acceptors (Lipinski definition) is 10. The molecule has 2 spiro atoms. The van der Waals surface area contributed by atoms with Gasteiger partial charge in [-0.1, -0.05) is 19.1 Å². The molecule has 0 unspecified atom stereocenters. The molecule has 2 saturated carbocycles. The third-order valence-electron chi connectivity index (χ3n) is 12.0. The van der Waals surface area contributed by atoms with Crippen molar-refractivity contribution in [2.75, 3.05) is 6.61 Å². The van der Waals surface area contributed by atoms with E-state index in [9.17, 15) is 29.4 Å². The maximum absolute atomic E-state index is 14.9. The highest BCUT2D eigenvalue weighted by Gasteiger charge is 2.93. The molecule has 10 heteroatoms. The van der Waals surface area contributed by atoms with Crippen LogP contribution in [0.4, 0.5) is 0 Å². The van der Waals surface area contributed by atoms with Gasteiger partial charge in [0.2, 0.25) is 5.79 Å². The highest BCUT2D eigenvalue weighted by Crippen LogP contribution is 2.75. The van der Waals surface area contributed by atoms with E-state index in [0.29, 0.717) is 5.57 Å². The Kier molecular flexibility index (Phi) is 3.91. The molecule has 8 rings (SSSR count). The topological polar surface area (TPSA) is 146 Å². The van der Waals surface area contributed by atoms with Crippen LogP contribution in [0.2, 0.25) is 0 Å². The molecule has 0 aromatic heterocycles. The molecule has 5 saturated heterocycles. The Labute approximate surface area is 218 Å². The third kappa shape index (κ3) is 2.00. The van der Waals surface area contributed by atoms with Crippen molar-refractivity contribution in [1.82, 2.24) is 0 Å². The number of allylic oxidation sites excluding steroid dienone is 3. The fraction of sp³-hybridized carbons (Fsp3) is 0.714. The molecule has 38 heavy (non-hydrogen) atoms. The molecule has 12 atom stereocenters. The summed E-state index contributed by atoms with van der Waals surface area (Å²) in [6.45, 7) is 4.98. The van der Waals surface area contributed by atoms with Crippen molar-refractivity contribution in [2.45, 2.75) is 81.3 Å². The predicted octanol–water partition coefficient (Wildman–Crippen LogP) is 0.528. The molecule has 0 radical (unpaired) electrons. The Hall–Kier alpha value is -2.40. The van der Waals surface area contributed by atoms with Crippen LogP contribution in [0.5, 0.6) is 0 Å². The Morgan fingerprint density at radius 3 is 2.61 bits per heavy atom. The van der Waals surface area contributed by atoms with Crippen LogP contribution in [0, 0.1) is 34.5 Å². The van der Waals surface area contributed by atoms with Crippen molar-refractivity contribution in [2.24, 2.45) is 34.5 Å². The second-order valence-electron chi connectivity index (χ2n) is 13.2. The maximum atomic E-state index is 14.9. The van der Waals surface area contributed by atoms with Gasteiger partial charge in [-0.05, 0) is 62.5 Å². The summed E-state index contributed by atoms with van der Waals surface area (Å²) in [5.74, 6) is -7.45. The predicted molar refractivity (Wildman–Crippen MR) is 124 cm³/mol. The number of rotatable bonds is 0. The van der Waals surface area contributed by atoms with Crippen molar-refractivity contribution in [3.8, 4) is 0 Å². The van der Waals surface area contributed by atoms with Crippen LogP contribution >= 0.6 is 0 Å². The van der Waals surface area contributed by atoms with Gasteiger partial charge in [-0.15, -0.1) is 0 Å². The first-order valence-corrected chi connectivity index (χ1v) is 13.5. The molecule has 10 nitrogen and oxygen atoms in total. The van der Waals surface area contributed by atoms with Gasteiger partial charge >= 0.3 is 11.9 Å². The lowest BCUT2D eigenvalue weighted by molar-refractivity contribution is -0.376. The first kappa shape index (κ1) is 23.5. The lowest BCUT2D eigenvalue weighted by Gasteiger charge is -2.63. The molecule has 2 N–H and O–H groups in total. The molecule has 5 aliphatic heterocycles. The molecule has 0 aromatic rings. The average Bonchev–Trinajstić information content (AvgIpc) is 3.17. The van der Waals surface area contributed by atoms with Crippen LogP contribution in [-0.2, 0) is 38.1 Å². The van der Waals surface area contributed by atoms with Gasteiger partial charge in [-0.3, -0.25) is 14.4 Å². The van der Waals surface area contributed by atoms with E-state index in [1.54, 1.807) is 26.0 Å². The molecule has 0 aromatic carbocycles. The summed E-state index contributed by atoms with van der Waals surface area (Å²) < 4.78 is 25.0. The molecule has 5 bridgehead atoms. The molecule has 0 amide bonds. The summed E-state index contributed by atoms with van der Waals surface area (Å²) in [6, 6.07) is 0. The summed E-state index contributed by atoms with van der Waals surface area (Å²) in [5.41, 5.74) is -7.44.